The Labute approximate surface area is 116 Å². The second kappa shape index (κ2) is 5.51. The molecule has 3 heteroatoms. The van der Waals surface area contributed by atoms with Crippen LogP contribution in [-0.2, 0) is 13.1 Å². The van der Waals surface area contributed by atoms with Crippen LogP contribution < -0.4 is 5.73 Å². The first-order chi connectivity index (χ1) is 8.90. The molecule has 0 saturated heterocycles. The molecule has 2 heterocycles. The lowest BCUT2D eigenvalue weighted by Gasteiger charge is -2.31. The summed E-state index contributed by atoms with van der Waals surface area (Å²) < 4.78 is 5.76. The lowest BCUT2D eigenvalue weighted by molar-refractivity contribution is 0.248. The van der Waals surface area contributed by atoms with Crippen LogP contribution in [0.15, 0.2) is 22.1 Å². The van der Waals surface area contributed by atoms with Gasteiger partial charge in [-0.1, -0.05) is 32.4 Å². The van der Waals surface area contributed by atoms with Gasteiger partial charge in [-0.3, -0.25) is 4.90 Å². The number of hydrogen-bond acceptors (Lipinski definition) is 3. The predicted molar refractivity (Wildman–Crippen MR) is 78.8 cm³/mol. The van der Waals surface area contributed by atoms with Gasteiger partial charge in [-0.2, -0.15) is 0 Å². The van der Waals surface area contributed by atoms with Gasteiger partial charge in [-0.25, -0.2) is 0 Å². The van der Waals surface area contributed by atoms with Gasteiger partial charge in [-0.05, 0) is 24.8 Å². The highest BCUT2D eigenvalue weighted by atomic mass is 16.3. The summed E-state index contributed by atoms with van der Waals surface area (Å²) >= 11 is 0. The van der Waals surface area contributed by atoms with Crippen molar-refractivity contribution in [3.63, 3.8) is 0 Å². The Balaban J connectivity index is 1.97. The fourth-order valence-corrected chi connectivity index (χ4v) is 2.62. The minimum Gasteiger partial charge on any atom is -0.465 e. The molecule has 1 aliphatic rings. The molecule has 19 heavy (non-hydrogen) atoms. The summed E-state index contributed by atoms with van der Waals surface area (Å²) in [6, 6.07) is 2.10. The second-order valence-electron chi connectivity index (χ2n) is 6.46. The predicted octanol–water partition coefficient (Wildman–Crippen LogP) is 3.22. The lowest BCUT2D eigenvalue weighted by Crippen LogP contribution is -2.30. The third-order valence-electron chi connectivity index (χ3n) is 3.93. The molecule has 2 rings (SSSR count). The Kier molecular flexibility index (Phi) is 4.16. The van der Waals surface area contributed by atoms with Crippen molar-refractivity contribution in [2.45, 2.75) is 47.2 Å². The van der Waals surface area contributed by atoms with Gasteiger partial charge in [0.05, 0.1) is 6.54 Å². The highest BCUT2D eigenvalue weighted by Crippen LogP contribution is 2.30. The molecule has 0 amide bonds. The molecule has 3 nitrogen and oxygen atoms in total. The average molecular weight is 262 g/mol. The molecule has 1 aromatic heterocycles. The topological polar surface area (TPSA) is 42.4 Å². The Morgan fingerprint density at radius 3 is 2.58 bits per heavy atom. The first kappa shape index (κ1) is 14.4. The van der Waals surface area contributed by atoms with Crippen LogP contribution >= 0.6 is 0 Å². The maximum absolute atomic E-state index is 5.76. The third-order valence-corrected chi connectivity index (χ3v) is 3.93. The first-order valence-corrected chi connectivity index (χ1v) is 7.10. The van der Waals surface area contributed by atoms with Gasteiger partial charge in [0, 0.05) is 25.2 Å². The molecule has 0 atom stereocenters. The van der Waals surface area contributed by atoms with E-state index in [4.69, 9.17) is 10.2 Å². The van der Waals surface area contributed by atoms with Crippen LogP contribution in [0, 0.1) is 12.3 Å². The highest BCUT2D eigenvalue weighted by molar-refractivity contribution is 5.21. The average Bonchev–Trinajstić information content (AvgIpc) is 2.69. The van der Waals surface area contributed by atoms with Crippen molar-refractivity contribution in [2.24, 2.45) is 11.1 Å². The molecule has 0 bridgehead atoms. The van der Waals surface area contributed by atoms with E-state index in [9.17, 15) is 0 Å². The summed E-state index contributed by atoms with van der Waals surface area (Å²) in [5.41, 5.74) is 8.68. The smallest absolute Gasteiger partial charge is 0.118 e. The van der Waals surface area contributed by atoms with Crippen molar-refractivity contribution in [3.8, 4) is 0 Å². The van der Waals surface area contributed by atoms with Gasteiger partial charge in [0.1, 0.15) is 11.5 Å². The molecule has 2 N–H and O–H groups in total. The molecule has 0 radical (unpaired) electrons. The van der Waals surface area contributed by atoms with E-state index in [1.165, 1.54) is 0 Å². The van der Waals surface area contributed by atoms with E-state index in [0.29, 0.717) is 12.0 Å². The summed E-state index contributed by atoms with van der Waals surface area (Å²) in [6.07, 6.45) is 3.54. The molecular weight excluding hydrogens is 236 g/mol. The quantitative estimate of drug-likeness (QED) is 0.850. The zero-order chi connectivity index (χ0) is 14.0. The normalized spacial score (nSPS) is 17.6. The standard InChI is InChI=1S/C16H26N2O/c1-12-13(10-17)9-15(19-12)11-18-7-5-14(6-8-18)16(2,3)4/h5,9H,6-8,10-11,17H2,1-4H3. The van der Waals surface area contributed by atoms with E-state index >= 15 is 0 Å². The summed E-state index contributed by atoms with van der Waals surface area (Å²) in [5, 5.41) is 0. The van der Waals surface area contributed by atoms with Crippen LogP contribution in [0.2, 0.25) is 0 Å². The van der Waals surface area contributed by atoms with Gasteiger partial charge in [0.25, 0.3) is 0 Å². The molecule has 1 aromatic rings. The van der Waals surface area contributed by atoms with Crippen LogP contribution in [0.3, 0.4) is 0 Å². The Morgan fingerprint density at radius 2 is 2.11 bits per heavy atom. The van der Waals surface area contributed by atoms with Crippen molar-refractivity contribution < 1.29 is 4.42 Å². The van der Waals surface area contributed by atoms with Crippen molar-refractivity contribution in [1.82, 2.24) is 4.90 Å². The maximum Gasteiger partial charge on any atom is 0.118 e. The number of aryl methyl sites for hydroxylation is 1. The Hall–Kier alpha value is -1.06. The SMILES string of the molecule is Cc1oc(CN2CC=C(C(C)(C)C)CC2)cc1CN. The zero-order valence-corrected chi connectivity index (χ0v) is 12.6. The third kappa shape index (κ3) is 3.48. The van der Waals surface area contributed by atoms with Gasteiger partial charge in [0.2, 0.25) is 0 Å². The number of hydrogen-bond donors (Lipinski definition) is 1. The Bertz CT molecular complexity index is 466. The largest absolute Gasteiger partial charge is 0.465 e. The summed E-state index contributed by atoms with van der Waals surface area (Å²) in [7, 11) is 0. The van der Waals surface area contributed by atoms with Crippen LogP contribution in [0.25, 0.3) is 0 Å². The van der Waals surface area contributed by atoms with E-state index in [1.54, 1.807) is 5.57 Å². The number of nitrogens with zero attached hydrogens (tertiary/aromatic N) is 1. The van der Waals surface area contributed by atoms with E-state index in [-0.39, 0.29) is 0 Å². The number of rotatable bonds is 3. The van der Waals surface area contributed by atoms with Crippen LogP contribution in [0.1, 0.15) is 44.3 Å². The van der Waals surface area contributed by atoms with Crippen molar-refractivity contribution in [3.05, 3.63) is 34.8 Å². The highest BCUT2D eigenvalue weighted by Gasteiger charge is 2.21. The van der Waals surface area contributed by atoms with Gasteiger partial charge in [0.15, 0.2) is 0 Å². The van der Waals surface area contributed by atoms with E-state index in [0.717, 1.165) is 43.1 Å². The molecule has 0 saturated carbocycles. The van der Waals surface area contributed by atoms with Crippen LogP contribution in [0.4, 0.5) is 0 Å². The van der Waals surface area contributed by atoms with E-state index < -0.39 is 0 Å². The molecular formula is C16H26N2O. The van der Waals surface area contributed by atoms with Gasteiger partial charge in [-0.15, -0.1) is 0 Å². The molecule has 0 aliphatic carbocycles. The van der Waals surface area contributed by atoms with Crippen LogP contribution in [0.5, 0.6) is 0 Å². The fourth-order valence-electron chi connectivity index (χ4n) is 2.62. The summed E-state index contributed by atoms with van der Waals surface area (Å²) in [6.45, 7) is 12.4. The van der Waals surface area contributed by atoms with Gasteiger partial charge >= 0.3 is 0 Å². The lowest BCUT2D eigenvalue weighted by atomic mass is 9.83. The van der Waals surface area contributed by atoms with E-state index in [1.807, 2.05) is 6.92 Å². The van der Waals surface area contributed by atoms with Gasteiger partial charge < -0.3 is 10.2 Å². The molecule has 0 unspecified atom stereocenters. The van der Waals surface area contributed by atoms with Crippen molar-refractivity contribution >= 4 is 0 Å². The molecule has 106 valence electrons. The summed E-state index contributed by atoms with van der Waals surface area (Å²) in [4.78, 5) is 2.42. The molecule has 0 spiro atoms. The minimum atomic E-state index is 0.306. The second-order valence-corrected chi connectivity index (χ2v) is 6.46. The fraction of sp³-hybridized carbons (Fsp3) is 0.625. The maximum atomic E-state index is 5.76. The van der Waals surface area contributed by atoms with E-state index in [2.05, 4.69) is 37.8 Å². The van der Waals surface area contributed by atoms with Crippen molar-refractivity contribution in [1.29, 1.82) is 0 Å². The molecule has 0 fully saturated rings. The Morgan fingerprint density at radius 1 is 1.37 bits per heavy atom. The zero-order valence-electron chi connectivity index (χ0n) is 12.6. The molecule has 1 aliphatic heterocycles. The first-order valence-electron chi connectivity index (χ1n) is 7.10. The molecule has 0 aromatic carbocycles. The number of nitrogens with two attached hydrogens (primary N) is 1. The van der Waals surface area contributed by atoms with Crippen molar-refractivity contribution in [2.75, 3.05) is 13.1 Å². The summed E-state index contributed by atoms with van der Waals surface area (Å²) in [5.74, 6) is 1.99. The number of furan rings is 1. The monoisotopic (exact) mass is 262 g/mol. The van der Waals surface area contributed by atoms with Crippen LogP contribution in [-0.4, -0.2) is 18.0 Å². The minimum absolute atomic E-state index is 0.306.